The number of rotatable bonds is 8. The van der Waals surface area contributed by atoms with E-state index in [0.29, 0.717) is 17.7 Å². The standard InChI is InChI=1S/C23H18F5NO5S/c1-29(35(32,33)20-8-4-17(24)5-9-20)13-14-2-6-19(7-3-14)34-21(22(30)31)15-10-16(23(26,27)28)12-18(25)11-15/h2-12,21H,13H2,1H3,(H,30,31). The van der Waals surface area contributed by atoms with E-state index >= 15 is 0 Å². The van der Waals surface area contributed by atoms with Crippen LogP contribution in [0.25, 0.3) is 0 Å². The largest absolute Gasteiger partial charge is 0.478 e. The number of hydrogen-bond donors (Lipinski definition) is 1. The summed E-state index contributed by atoms with van der Waals surface area (Å²) in [5.41, 5.74) is -1.43. The fourth-order valence-electron chi connectivity index (χ4n) is 3.13. The molecule has 0 radical (unpaired) electrons. The first kappa shape index (κ1) is 26.1. The summed E-state index contributed by atoms with van der Waals surface area (Å²) in [4.78, 5) is 11.5. The van der Waals surface area contributed by atoms with Crippen LogP contribution in [-0.2, 0) is 27.5 Å². The molecular formula is C23H18F5NO5S. The molecule has 0 aliphatic heterocycles. The van der Waals surface area contributed by atoms with E-state index in [0.717, 1.165) is 28.6 Å². The molecule has 0 aromatic heterocycles. The van der Waals surface area contributed by atoms with Gasteiger partial charge in [0.05, 0.1) is 10.5 Å². The van der Waals surface area contributed by atoms with Crippen molar-refractivity contribution >= 4 is 16.0 Å². The lowest BCUT2D eigenvalue weighted by molar-refractivity contribution is -0.146. The third-order valence-electron chi connectivity index (χ3n) is 4.88. The first-order chi connectivity index (χ1) is 16.3. The molecular weight excluding hydrogens is 497 g/mol. The molecule has 1 N–H and O–H groups in total. The Morgan fingerprint density at radius 1 is 0.971 bits per heavy atom. The summed E-state index contributed by atoms with van der Waals surface area (Å²) in [6, 6.07) is 11.1. The van der Waals surface area contributed by atoms with Gasteiger partial charge in [0.2, 0.25) is 16.1 Å². The normalized spacial score (nSPS) is 13.0. The maximum atomic E-state index is 13.7. The van der Waals surface area contributed by atoms with E-state index in [4.69, 9.17) is 4.74 Å². The second kappa shape index (κ2) is 10.0. The molecule has 186 valence electrons. The van der Waals surface area contributed by atoms with E-state index < -0.39 is 51.0 Å². The zero-order valence-corrected chi connectivity index (χ0v) is 18.8. The molecule has 0 saturated carbocycles. The van der Waals surface area contributed by atoms with Gasteiger partial charge in [0, 0.05) is 19.2 Å². The average Bonchev–Trinajstić information content (AvgIpc) is 2.77. The Bertz CT molecular complexity index is 1310. The van der Waals surface area contributed by atoms with Crippen molar-refractivity contribution in [1.82, 2.24) is 4.31 Å². The fourth-order valence-corrected chi connectivity index (χ4v) is 4.29. The molecule has 0 amide bonds. The number of carbonyl (C=O) groups is 1. The Kier molecular flexibility index (Phi) is 7.46. The number of benzene rings is 3. The van der Waals surface area contributed by atoms with Crippen molar-refractivity contribution in [2.45, 2.75) is 23.7 Å². The topological polar surface area (TPSA) is 83.9 Å². The Morgan fingerprint density at radius 2 is 1.57 bits per heavy atom. The molecule has 3 aromatic rings. The summed E-state index contributed by atoms with van der Waals surface area (Å²) in [5.74, 6) is -3.55. The van der Waals surface area contributed by atoms with Crippen molar-refractivity contribution in [2.24, 2.45) is 0 Å². The first-order valence-electron chi connectivity index (χ1n) is 9.85. The van der Waals surface area contributed by atoms with Gasteiger partial charge in [-0.15, -0.1) is 0 Å². The van der Waals surface area contributed by atoms with E-state index in [1.807, 2.05) is 0 Å². The third-order valence-corrected chi connectivity index (χ3v) is 6.70. The Morgan fingerprint density at radius 3 is 2.11 bits per heavy atom. The van der Waals surface area contributed by atoms with Crippen LogP contribution in [0.5, 0.6) is 5.75 Å². The lowest BCUT2D eigenvalue weighted by Gasteiger charge is -2.19. The van der Waals surface area contributed by atoms with Crippen LogP contribution in [0.15, 0.2) is 71.6 Å². The highest BCUT2D eigenvalue weighted by Gasteiger charge is 2.33. The van der Waals surface area contributed by atoms with Gasteiger partial charge in [0.1, 0.15) is 17.4 Å². The van der Waals surface area contributed by atoms with Crippen LogP contribution in [-0.4, -0.2) is 30.8 Å². The minimum atomic E-state index is -4.89. The second-order valence-electron chi connectivity index (χ2n) is 7.47. The number of carboxylic acid groups (broad SMARTS) is 1. The highest BCUT2D eigenvalue weighted by molar-refractivity contribution is 7.89. The van der Waals surface area contributed by atoms with Crippen molar-refractivity contribution in [3.63, 3.8) is 0 Å². The number of hydrogen-bond acceptors (Lipinski definition) is 4. The van der Waals surface area contributed by atoms with Crippen molar-refractivity contribution in [3.8, 4) is 5.75 Å². The van der Waals surface area contributed by atoms with Crippen LogP contribution in [0.3, 0.4) is 0 Å². The van der Waals surface area contributed by atoms with E-state index in [-0.39, 0.29) is 23.3 Å². The molecule has 6 nitrogen and oxygen atoms in total. The van der Waals surface area contributed by atoms with Gasteiger partial charge < -0.3 is 9.84 Å². The van der Waals surface area contributed by atoms with Crippen LogP contribution in [0, 0.1) is 11.6 Å². The SMILES string of the molecule is CN(Cc1ccc(OC(C(=O)O)c2cc(F)cc(C(F)(F)F)c2)cc1)S(=O)(=O)c1ccc(F)cc1. The van der Waals surface area contributed by atoms with E-state index in [9.17, 15) is 40.3 Å². The fraction of sp³-hybridized carbons (Fsp3) is 0.174. The van der Waals surface area contributed by atoms with Gasteiger partial charge in [-0.2, -0.15) is 17.5 Å². The highest BCUT2D eigenvalue weighted by atomic mass is 32.2. The third kappa shape index (κ3) is 6.34. The molecule has 1 unspecified atom stereocenters. The maximum absolute atomic E-state index is 13.7. The van der Waals surface area contributed by atoms with E-state index in [2.05, 4.69) is 0 Å². The van der Waals surface area contributed by atoms with Crippen molar-refractivity contribution in [2.75, 3.05) is 7.05 Å². The van der Waals surface area contributed by atoms with Crippen LogP contribution < -0.4 is 4.74 Å². The highest BCUT2D eigenvalue weighted by Crippen LogP contribution is 2.33. The molecule has 3 aromatic carbocycles. The monoisotopic (exact) mass is 515 g/mol. The van der Waals surface area contributed by atoms with Gasteiger partial charge in [-0.05, 0) is 60.2 Å². The number of ether oxygens (including phenoxy) is 1. The molecule has 1 atom stereocenters. The van der Waals surface area contributed by atoms with E-state index in [1.165, 1.54) is 31.3 Å². The summed E-state index contributed by atoms with van der Waals surface area (Å²) in [5, 5.41) is 9.44. The number of carboxylic acids is 1. The van der Waals surface area contributed by atoms with Crippen LogP contribution in [0.2, 0.25) is 0 Å². The predicted octanol–water partition coefficient (Wildman–Crippen LogP) is 5.01. The Hall–Kier alpha value is -3.51. The Labute approximate surface area is 197 Å². The van der Waals surface area contributed by atoms with Gasteiger partial charge in [-0.3, -0.25) is 0 Å². The zero-order chi connectivity index (χ0) is 26.0. The summed E-state index contributed by atoms with van der Waals surface area (Å²) >= 11 is 0. The smallest absolute Gasteiger partial charge is 0.416 e. The molecule has 0 fully saturated rings. The number of nitrogens with zero attached hydrogens (tertiary/aromatic N) is 1. The van der Waals surface area contributed by atoms with Crippen LogP contribution in [0.1, 0.15) is 22.8 Å². The zero-order valence-electron chi connectivity index (χ0n) is 18.0. The minimum absolute atomic E-state index is 0.0528. The molecule has 0 spiro atoms. The summed E-state index contributed by atoms with van der Waals surface area (Å²) < 4.78 is 97.3. The molecule has 0 aliphatic carbocycles. The molecule has 35 heavy (non-hydrogen) atoms. The van der Waals surface area contributed by atoms with Crippen molar-refractivity contribution < 1.29 is 45.0 Å². The van der Waals surface area contributed by atoms with E-state index in [1.54, 1.807) is 0 Å². The number of halogens is 5. The number of sulfonamides is 1. The van der Waals surface area contributed by atoms with Crippen molar-refractivity contribution in [3.05, 3.63) is 95.1 Å². The Balaban J connectivity index is 1.77. The lowest BCUT2D eigenvalue weighted by Crippen LogP contribution is -2.26. The molecule has 0 aliphatic rings. The lowest BCUT2D eigenvalue weighted by atomic mass is 10.0. The quantitative estimate of drug-likeness (QED) is 0.427. The summed E-state index contributed by atoms with van der Waals surface area (Å²) in [6.07, 6.45) is -6.82. The first-order valence-corrected chi connectivity index (χ1v) is 11.3. The number of alkyl halides is 3. The molecule has 12 heteroatoms. The van der Waals surface area contributed by atoms with Gasteiger partial charge in [-0.25, -0.2) is 22.0 Å². The van der Waals surface area contributed by atoms with Gasteiger partial charge in [-0.1, -0.05) is 12.1 Å². The maximum Gasteiger partial charge on any atom is 0.416 e. The van der Waals surface area contributed by atoms with Gasteiger partial charge in [0.25, 0.3) is 0 Å². The molecule has 0 saturated heterocycles. The summed E-state index contributed by atoms with van der Waals surface area (Å²) in [7, 11) is -2.61. The van der Waals surface area contributed by atoms with Crippen LogP contribution in [0.4, 0.5) is 22.0 Å². The second-order valence-corrected chi connectivity index (χ2v) is 9.51. The predicted molar refractivity (Wildman–Crippen MR) is 114 cm³/mol. The number of aliphatic carboxylic acids is 1. The van der Waals surface area contributed by atoms with Gasteiger partial charge >= 0.3 is 12.1 Å². The summed E-state index contributed by atoms with van der Waals surface area (Å²) in [6.45, 7) is -0.0960. The van der Waals surface area contributed by atoms with Crippen LogP contribution >= 0.6 is 0 Å². The molecule has 3 rings (SSSR count). The minimum Gasteiger partial charge on any atom is -0.478 e. The molecule has 0 bridgehead atoms. The van der Waals surface area contributed by atoms with Crippen molar-refractivity contribution in [1.29, 1.82) is 0 Å². The van der Waals surface area contributed by atoms with Gasteiger partial charge in [0.15, 0.2) is 0 Å². The molecule has 0 heterocycles. The average molecular weight is 515 g/mol.